The number of nitrogens with two attached hydrogens (primary N) is 1. The summed E-state index contributed by atoms with van der Waals surface area (Å²) in [5.41, 5.74) is 9.14. The fraction of sp³-hybridized carbons (Fsp3) is 0.238. The predicted molar refractivity (Wildman–Crippen MR) is 101 cm³/mol. The number of aromatic amines is 1. The number of benzene rings is 1. The number of H-pyrrole nitrogens is 1. The van der Waals surface area contributed by atoms with E-state index in [1.54, 1.807) is 12.5 Å². The molecular formula is C21H23N3O. The second-order valence-electron chi connectivity index (χ2n) is 6.34. The van der Waals surface area contributed by atoms with Crippen molar-refractivity contribution in [1.29, 1.82) is 0 Å². The van der Waals surface area contributed by atoms with E-state index in [-0.39, 0.29) is 5.78 Å². The van der Waals surface area contributed by atoms with Gasteiger partial charge in [-0.1, -0.05) is 60.7 Å². The summed E-state index contributed by atoms with van der Waals surface area (Å²) in [6.07, 6.45) is 15.8. The topological polar surface area (TPSA) is 71.8 Å². The van der Waals surface area contributed by atoms with Crippen LogP contribution >= 0.6 is 0 Å². The largest absolute Gasteiger partial charge is 0.348 e. The Balaban J connectivity index is 1.49. The number of nitrogens with zero attached hydrogens (tertiary/aromatic N) is 1. The van der Waals surface area contributed by atoms with Crippen molar-refractivity contribution in [3.8, 4) is 0 Å². The summed E-state index contributed by atoms with van der Waals surface area (Å²) >= 11 is 0. The average Bonchev–Trinajstić information content (AvgIpc) is 3.15. The Kier molecular flexibility index (Phi) is 5.75. The van der Waals surface area contributed by atoms with Crippen molar-refractivity contribution in [1.82, 2.24) is 9.97 Å². The van der Waals surface area contributed by atoms with E-state index in [0.29, 0.717) is 18.8 Å². The van der Waals surface area contributed by atoms with Crippen molar-refractivity contribution in [3.05, 3.63) is 84.0 Å². The number of aromatic nitrogens is 2. The molecular weight excluding hydrogens is 310 g/mol. The third-order valence-electron chi connectivity index (χ3n) is 4.33. The van der Waals surface area contributed by atoms with E-state index in [1.807, 2.05) is 24.3 Å². The summed E-state index contributed by atoms with van der Waals surface area (Å²) in [7, 11) is 0. The Morgan fingerprint density at radius 1 is 1.36 bits per heavy atom. The van der Waals surface area contributed by atoms with Crippen LogP contribution in [-0.4, -0.2) is 21.8 Å². The monoisotopic (exact) mass is 333 g/mol. The third-order valence-corrected chi connectivity index (χ3v) is 4.33. The van der Waals surface area contributed by atoms with Gasteiger partial charge in [0.15, 0.2) is 5.78 Å². The fourth-order valence-electron chi connectivity index (χ4n) is 2.83. The molecule has 1 aromatic heterocycles. The molecule has 3 rings (SSSR count). The highest BCUT2D eigenvalue weighted by atomic mass is 16.1. The lowest BCUT2D eigenvalue weighted by molar-refractivity contribution is -0.119. The van der Waals surface area contributed by atoms with Crippen molar-refractivity contribution >= 4 is 11.9 Å². The number of hydrogen-bond acceptors (Lipinski definition) is 3. The highest BCUT2D eigenvalue weighted by Crippen LogP contribution is 2.21. The minimum Gasteiger partial charge on any atom is -0.348 e. The highest BCUT2D eigenvalue weighted by Gasteiger charge is 2.17. The molecule has 4 nitrogen and oxygen atoms in total. The number of ketones is 1. The molecule has 0 aliphatic heterocycles. The number of carbonyl (C=O) groups excluding carboxylic acids is 1. The smallest absolute Gasteiger partial charge is 0.154 e. The van der Waals surface area contributed by atoms with Crippen LogP contribution in [0.1, 0.15) is 24.1 Å². The van der Waals surface area contributed by atoms with Crippen LogP contribution in [0.4, 0.5) is 0 Å². The van der Waals surface area contributed by atoms with E-state index in [2.05, 4.69) is 46.4 Å². The third kappa shape index (κ3) is 5.13. The van der Waals surface area contributed by atoms with E-state index in [4.69, 9.17) is 5.73 Å². The first kappa shape index (κ1) is 17.1. The second kappa shape index (κ2) is 8.40. The number of carbonyl (C=O) groups is 1. The van der Waals surface area contributed by atoms with Crippen molar-refractivity contribution in [2.24, 2.45) is 11.7 Å². The van der Waals surface area contributed by atoms with Gasteiger partial charge in [-0.15, -0.1) is 0 Å². The van der Waals surface area contributed by atoms with Gasteiger partial charge in [0, 0.05) is 24.7 Å². The molecule has 0 saturated carbocycles. The quantitative estimate of drug-likeness (QED) is 0.815. The normalized spacial score (nSPS) is 18.3. The SMILES string of the molecule is N[C@@H](Cc1cnc[nH]1)C(=O)CC1=CCC(/C=C/c2ccccc2)C=C1. The van der Waals surface area contributed by atoms with E-state index >= 15 is 0 Å². The number of imidazole rings is 1. The number of allylic oxidation sites excluding steroid dienone is 5. The molecule has 1 heterocycles. The molecule has 2 aromatic rings. The Hall–Kier alpha value is -2.72. The van der Waals surface area contributed by atoms with Crippen LogP contribution in [0, 0.1) is 5.92 Å². The highest BCUT2D eigenvalue weighted by molar-refractivity contribution is 5.86. The molecule has 0 fully saturated rings. The van der Waals surface area contributed by atoms with Gasteiger partial charge in [0.25, 0.3) is 0 Å². The first-order chi connectivity index (χ1) is 12.2. The van der Waals surface area contributed by atoms with Crippen molar-refractivity contribution in [2.45, 2.75) is 25.3 Å². The summed E-state index contributed by atoms with van der Waals surface area (Å²) in [5.74, 6) is 0.432. The predicted octanol–water partition coefficient (Wildman–Crippen LogP) is 3.45. The van der Waals surface area contributed by atoms with Crippen molar-refractivity contribution in [2.75, 3.05) is 0 Å². The van der Waals surface area contributed by atoms with Gasteiger partial charge in [-0.05, 0) is 23.5 Å². The van der Waals surface area contributed by atoms with Gasteiger partial charge in [-0.25, -0.2) is 4.98 Å². The van der Waals surface area contributed by atoms with Crippen molar-refractivity contribution < 1.29 is 4.79 Å². The molecule has 25 heavy (non-hydrogen) atoms. The minimum atomic E-state index is -0.495. The number of hydrogen-bond donors (Lipinski definition) is 2. The van der Waals surface area contributed by atoms with Gasteiger partial charge in [0.1, 0.15) is 0 Å². The lowest BCUT2D eigenvalue weighted by Gasteiger charge is -2.14. The Morgan fingerprint density at radius 3 is 2.88 bits per heavy atom. The number of nitrogens with one attached hydrogen (secondary N) is 1. The molecule has 1 aliphatic rings. The Morgan fingerprint density at radius 2 is 2.20 bits per heavy atom. The summed E-state index contributed by atoms with van der Waals surface area (Å²) in [4.78, 5) is 19.2. The van der Waals surface area contributed by atoms with Crippen LogP contribution in [0.15, 0.2) is 72.7 Å². The van der Waals surface area contributed by atoms with E-state index < -0.39 is 6.04 Å². The lowest BCUT2D eigenvalue weighted by Crippen LogP contribution is -2.33. The Labute approximate surface area is 148 Å². The summed E-state index contributed by atoms with van der Waals surface area (Å²) < 4.78 is 0. The summed E-state index contributed by atoms with van der Waals surface area (Å²) in [6.45, 7) is 0. The van der Waals surface area contributed by atoms with E-state index in [0.717, 1.165) is 17.7 Å². The number of Topliss-reactive ketones (excluding diaryl/α,β-unsaturated/α-hetero) is 1. The zero-order chi connectivity index (χ0) is 17.5. The Bertz CT molecular complexity index is 773. The maximum absolute atomic E-state index is 12.3. The maximum atomic E-state index is 12.3. The van der Waals surface area contributed by atoms with Crippen LogP contribution in [0.3, 0.4) is 0 Å². The molecule has 0 amide bonds. The van der Waals surface area contributed by atoms with Crippen LogP contribution in [-0.2, 0) is 11.2 Å². The molecule has 2 atom stereocenters. The molecule has 128 valence electrons. The van der Waals surface area contributed by atoms with E-state index in [9.17, 15) is 4.79 Å². The van der Waals surface area contributed by atoms with Gasteiger partial charge < -0.3 is 10.7 Å². The molecule has 0 spiro atoms. The molecule has 1 unspecified atom stereocenters. The zero-order valence-corrected chi connectivity index (χ0v) is 14.1. The summed E-state index contributed by atoms with van der Waals surface area (Å²) in [6, 6.07) is 9.76. The van der Waals surface area contributed by atoms with Gasteiger partial charge in [0.05, 0.1) is 12.4 Å². The molecule has 1 aromatic carbocycles. The van der Waals surface area contributed by atoms with Crippen molar-refractivity contribution in [3.63, 3.8) is 0 Å². The summed E-state index contributed by atoms with van der Waals surface area (Å²) in [5, 5.41) is 0. The lowest BCUT2D eigenvalue weighted by atomic mass is 9.92. The first-order valence-corrected chi connectivity index (χ1v) is 8.57. The van der Waals surface area contributed by atoms with Crippen LogP contribution in [0.2, 0.25) is 0 Å². The standard InChI is InChI=1S/C21H23N3O/c22-20(13-19-14-23-15-24-19)21(25)12-18-10-8-17(9-11-18)7-6-16-4-2-1-3-5-16/h1-8,10-11,14-15,17,20H,9,12-13,22H2,(H,23,24)/b7-6+/t17?,20-/m0/s1. The molecule has 4 heteroatoms. The molecule has 0 saturated heterocycles. The second-order valence-corrected chi connectivity index (χ2v) is 6.34. The zero-order valence-electron chi connectivity index (χ0n) is 14.1. The van der Waals surface area contributed by atoms with Crippen LogP contribution in [0.5, 0.6) is 0 Å². The van der Waals surface area contributed by atoms with Gasteiger partial charge in [-0.2, -0.15) is 0 Å². The molecule has 3 N–H and O–H groups in total. The average molecular weight is 333 g/mol. The number of rotatable bonds is 7. The minimum absolute atomic E-state index is 0.0591. The molecule has 0 bridgehead atoms. The van der Waals surface area contributed by atoms with Crippen LogP contribution in [0.25, 0.3) is 6.08 Å². The first-order valence-electron chi connectivity index (χ1n) is 8.57. The molecule has 1 aliphatic carbocycles. The van der Waals surface area contributed by atoms with Gasteiger partial charge in [-0.3, -0.25) is 4.79 Å². The van der Waals surface area contributed by atoms with Gasteiger partial charge >= 0.3 is 0 Å². The molecule has 0 radical (unpaired) electrons. The fourth-order valence-corrected chi connectivity index (χ4v) is 2.83. The maximum Gasteiger partial charge on any atom is 0.154 e. The van der Waals surface area contributed by atoms with Crippen LogP contribution < -0.4 is 5.73 Å². The van der Waals surface area contributed by atoms with Gasteiger partial charge in [0.2, 0.25) is 0 Å². The van der Waals surface area contributed by atoms with E-state index in [1.165, 1.54) is 5.56 Å².